The van der Waals surface area contributed by atoms with E-state index in [0.29, 0.717) is 17.7 Å². The van der Waals surface area contributed by atoms with Crippen LogP contribution in [0.4, 0.5) is 18.9 Å². The van der Waals surface area contributed by atoms with Gasteiger partial charge in [-0.15, -0.1) is 0 Å². The first-order valence-electron chi connectivity index (χ1n) is 14.2. The zero-order valence-corrected chi connectivity index (χ0v) is 23.5. The highest BCUT2D eigenvalue weighted by molar-refractivity contribution is 6.37. The van der Waals surface area contributed by atoms with Gasteiger partial charge in [0.15, 0.2) is 0 Å². The highest BCUT2D eigenvalue weighted by Crippen LogP contribution is 2.33. The maximum Gasteiger partial charge on any atom is 0.416 e. The third kappa shape index (κ3) is 10.7. The molecule has 0 bridgehead atoms. The fourth-order valence-electron chi connectivity index (χ4n) is 4.55. The van der Waals surface area contributed by atoms with Crippen LogP contribution in [0.2, 0.25) is 0 Å². The summed E-state index contributed by atoms with van der Waals surface area (Å²) < 4.78 is 39.5. The van der Waals surface area contributed by atoms with Crippen molar-refractivity contribution in [2.45, 2.75) is 97.2 Å². The summed E-state index contributed by atoms with van der Waals surface area (Å²) in [5.74, 6) is -3.20. The molecule has 0 heterocycles. The number of amides is 2. The number of nitrogens with one attached hydrogen (secondary N) is 1. The fourth-order valence-corrected chi connectivity index (χ4v) is 4.55. The number of carbonyl (C=O) groups is 3. The standard InChI is InChI=1S/C31H41F3N2O4/c1-3-5-6-7-8-9-10-11-12-13-20-35-28(37)25-16-14-23(15-17-25)22-36(29(38)30(39)40)27-19-18-26(31(32,33)34)21-24(27)4-2/h14-19,21H,3-13,20,22H2,1-2H3,(H,35,37)(H,39,40). The largest absolute Gasteiger partial charge is 0.474 e. The number of benzene rings is 2. The van der Waals surface area contributed by atoms with Crippen LogP contribution in [0.3, 0.4) is 0 Å². The Morgan fingerprint density at radius 1 is 0.825 bits per heavy atom. The van der Waals surface area contributed by atoms with Crippen molar-refractivity contribution in [1.29, 1.82) is 0 Å². The van der Waals surface area contributed by atoms with E-state index in [-0.39, 0.29) is 30.1 Å². The number of aryl methyl sites for hydroxylation is 1. The summed E-state index contributed by atoms with van der Waals surface area (Å²) in [6, 6.07) is 9.26. The Morgan fingerprint density at radius 3 is 1.93 bits per heavy atom. The van der Waals surface area contributed by atoms with Crippen molar-refractivity contribution in [2.24, 2.45) is 0 Å². The van der Waals surface area contributed by atoms with Gasteiger partial charge in [-0.2, -0.15) is 13.2 Å². The molecule has 220 valence electrons. The van der Waals surface area contributed by atoms with E-state index in [1.54, 1.807) is 31.2 Å². The Labute approximate surface area is 235 Å². The minimum atomic E-state index is -4.56. The van der Waals surface area contributed by atoms with Crippen molar-refractivity contribution >= 4 is 23.5 Å². The molecule has 2 amide bonds. The molecule has 0 aliphatic carbocycles. The molecule has 0 atom stereocenters. The van der Waals surface area contributed by atoms with Crippen molar-refractivity contribution in [3.05, 3.63) is 64.7 Å². The molecule has 0 radical (unpaired) electrons. The average Bonchev–Trinajstić information content (AvgIpc) is 2.93. The van der Waals surface area contributed by atoms with Crippen LogP contribution in [0.1, 0.15) is 105 Å². The van der Waals surface area contributed by atoms with E-state index in [4.69, 9.17) is 0 Å². The van der Waals surface area contributed by atoms with Crippen LogP contribution in [-0.4, -0.2) is 29.4 Å². The number of anilines is 1. The number of nitrogens with zero attached hydrogens (tertiary/aromatic N) is 1. The number of alkyl halides is 3. The Balaban J connectivity index is 1.93. The maximum atomic E-state index is 13.2. The second kappa shape index (κ2) is 16.7. The molecular weight excluding hydrogens is 521 g/mol. The van der Waals surface area contributed by atoms with Crippen LogP contribution >= 0.6 is 0 Å². The lowest BCUT2D eigenvalue weighted by atomic mass is 10.0. The van der Waals surface area contributed by atoms with Gasteiger partial charge in [-0.25, -0.2) is 4.79 Å². The third-order valence-corrected chi connectivity index (χ3v) is 6.88. The summed E-state index contributed by atoms with van der Waals surface area (Å²) in [7, 11) is 0. The summed E-state index contributed by atoms with van der Waals surface area (Å²) in [5.41, 5.74) is 0.385. The second-order valence-electron chi connectivity index (χ2n) is 10.0. The van der Waals surface area contributed by atoms with E-state index >= 15 is 0 Å². The number of hydrogen-bond acceptors (Lipinski definition) is 3. The van der Waals surface area contributed by atoms with Gasteiger partial charge in [-0.05, 0) is 54.3 Å². The molecule has 0 unspecified atom stereocenters. The van der Waals surface area contributed by atoms with Gasteiger partial charge in [0.25, 0.3) is 5.91 Å². The van der Waals surface area contributed by atoms with Gasteiger partial charge in [-0.1, -0.05) is 83.8 Å². The van der Waals surface area contributed by atoms with Gasteiger partial charge in [-0.3, -0.25) is 14.5 Å². The molecule has 40 heavy (non-hydrogen) atoms. The first kappa shape index (κ1) is 32.8. The molecule has 2 aromatic rings. The van der Waals surface area contributed by atoms with Crippen molar-refractivity contribution < 1.29 is 32.7 Å². The van der Waals surface area contributed by atoms with Crippen LogP contribution in [0.5, 0.6) is 0 Å². The van der Waals surface area contributed by atoms with Gasteiger partial charge in [0.05, 0.1) is 12.1 Å². The molecule has 6 nitrogen and oxygen atoms in total. The lowest BCUT2D eigenvalue weighted by Crippen LogP contribution is -2.36. The first-order valence-corrected chi connectivity index (χ1v) is 14.2. The summed E-state index contributed by atoms with van der Waals surface area (Å²) in [5, 5.41) is 12.2. The minimum absolute atomic E-state index is 0.0983. The summed E-state index contributed by atoms with van der Waals surface area (Å²) in [6.07, 6.45) is 7.70. The van der Waals surface area contributed by atoms with Gasteiger partial charge < -0.3 is 10.4 Å². The smallest absolute Gasteiger partial charge is 0.416 e. The van der Waals surface area contributed by atoms with Gasteiger partial charge >= 0.3 is 18.1 Å². The zero-order valence-electron chi connectivity index (χ0n) is 23.5. The van der Waals surface area contributed by atoms with Crippen molar-refractivity contribution in [1.82, 2.24) is 5.32 Å². The second-order valence-corrected chi connectivity index (χ2v) is 10.0. The molecule has 2 N–H and O–H groups in total. The molecule has 2 aromatic carbocycles. The van der Waals surface area contributed by atoms with E-state index in [2.05, 4.69) is 12.2 Å². The van der Waals surface area contributed by atoms with Crippen molar-refractivity contribution in [3.8, 4) is 0 Å². The number of unbranched alkanes of at least 4 members (excludes halogenated alkanes) is 9. The molecule has 9 heteroatoms. The molecule has 0 spiro atoms. The first-order chi connectivity index (χ1) is 19.1. The molecule has 0 aliphatic heterocycles. The van der Waals surface area contributed by atoms with Crippen LogP contribution in [0.25, 0.3) is 0 Å². The summed E-state index contributed by atoms with van der Waals surface area (Å²) in [6.45, 7) is 4.24. The predicted molar refractivity (Wildman–Crippen MR) is 150 cm³/mol. The Kier molecular flexibility index (Phi) is 13.7. The van der Waals surface area contributed by atoms with Crippen LogP contribution in [0, 0.1) is 0 Å². The SMILES string of the molecule is CCCCCCCCCCCCNC(=O)c1ccc(CN(C(=O)C(=O)O)c2ccc(C(F)(F)F)cc2CC)cc1. The van der Waals surface area contributed by atoms with E-state index < -0.39 is 23.6 Å². The Bertz CT molecular complexity index is 1100. The van der Waals surface area contributed by atoms with E-state index in [1.165, 1.54) is 44.9 Å². The van der Waals surface area contributed by atoms with Gasteiger partial charge in [0, 0.05) is 17.8 Å². The van der Waals surface area contributed by atoms with Gasteiger partial charge in [0.1, 0.15) is 0 Å². The lowest BCUT2D eigenvalue weighted by molar-refractivity contribution is -0.148. The highest BCUT2D eigenvalue weighted by atomic mass is 19.4. The van der Waals surface area contributed by atoms with Crippen LogP contribution in [-0.2, 0) is 28.7 Å². The lowest BCUT2D eigenvalue weighted by Gasteiger charge is -2.24. The topological polar surface area (TPSA) is 86.7 Å². The third-order valence-electron chi connectivity index (χ3n) is 6.88. The van der Waals surface area contributed by atoms with Crippen LogP contribution in [0.15, 0.2) is 42.5 Å². The average molecular weight is 563 g/mol. The molecule has 0 aromatic heterocycles. The number of carboxylic acids is 1. The monoisotopic (exact) mass is 562 g/mol. The van der Waals surface area contributed by atoms with E-state index in [1.807, 2.05) is 0 Å². The fraction of sp³-hybridized carbons (Fsp3) is 0.516. The predicted octanol–water partition coefficient (Wildman–Crippen LogP) is 7.54. The van der Waals surface area contributed by atoms with E-state index in [9.17, 15) is 32.7 Å². The molecule has 0 aliphatic rings. The Hall–Kier alpha value is -3.36. The number of carbonyl (C=O) groups excluding carboxylic acids is 2. The minimum Gasteiger partial charge on any atom is -0.474 e. The molecule has 0 fully saturated rings. The van der Waals surface area contributed by atoms with Gasteiger partial charge in [0.2, 0.25) is 0 Å². The maximum absolute atomic E-state index is 13.2. The molecule has 2 rings (SSSR count). The normalized spacial score (nSPS) is 11.3. The van der Waals surface area contributed by atoms with Crippen LogP contribution < -0.4 is 10.2 Å². The van der Waals surface area contributed by atoms with Crippen molar-refractivity contribution in [3.63, 3.8) is 0 Å². The highest BCUT2D eigenvalue weighted by Gasteiger charge is 2.32. The number of aliphatic carboxylic acids is 1. The van der Waals surface area contributed by atoms with Crippen molar-refractivity contribution in [2.75, 3.05) is 11.4 Å². The number of hydrogen-bond donors (Lipinski definition) is 2. The molecule has 0 saturated heterocycles. The number of carboxylic acid groups (broad SMARTS) is 1. The number of rotatable bonds is 16. The Morgan fingerprint density at radius 2 is 1.40 bits per heavy atom. The zero-order chi connectivity index (χ0) is 29.5. The molecular formula is C31H41F3N2O4. The quantitative estimate of drug-likeness (QED) is 0.164. The number of halogens is 3. The molecule has 0 saturated carbocycles. The van der Waals surface area contributed by atoms with E-state index in [0.717, 1.165) is 42.4 Å². The summed E-state index contributed by atoms with van der Waals surface area (Å²) >= 11 is 0. The summed E-state index contributed by atoms with van der Waals surface area (Å²) in [4.78, 5) is 37.4.